The summed E-state index contributed by atoms with van der Waals surface area (Å²) in [5.41, 5.74) is 0. The highest BCUT2D eigenvalue weighted by Crippen LogP contribution is 2.37. The van der Waals surface area contributed by atoms with Crippen molar-refractivity contribution in [1.29, 1.82) is 0 Å². The molecule has 0 unspecified atom stereocenters. The number of hydrogen-bond acceptors (Lipinski definition) is 2. The molecule has 0 amide bonds. The Bertz CT molecular complexity index is 677. The molecule has 0 aliphatic carbocycles. The van der Waals surface area contributed by atoms with Gasteiger partial charge in [-0.2, -0.15) is 0 Å². The molecule has 0 aliphatic rings. The minimum Gasteiger partial charge on any atom is -0.405 e. The Hall–Kier alpha value is -1.97. The van der Waals surface area contributed by atoms with Crippen LogP contribution in [-0.2, 0) is 9.22 Å². The van der Waals surface area contributed by atoms with E-state index in [2.05, 4.69) is 82.8 Å². The van der Waals surface area contributed by atoms with Crippen LogP contribution < -0.4 is 10.4 Å². The maximum Gasteiger partial charge on any atom is 0.261 e. The van der Waals surface area contributed by atoms with Gasteiger partial charge in [0.1, 0.15) is 0 Å². The standard InChI is InChI=1S/C23H30O2Si/c1-6-20(24)18-17-19(2)25-26(23(3,4)5,21-13-9-7-10-14-21)22-15-11-8-12-16-22/h6-16,19H,1,17-18H2,2-5H3/t19-/m1/s1. The molecule has 0 spiro atoms. The zero-order valence-electron chi connectivity index (χ0n) is 16.4. The number of benzene rings is 2. The zero-order valence-corrected chi connectivity index (χ0v) is 17.4. The molecule has 3 heteroatoms. The molecule has 0 aromatic heterocycles. The summed E-state index contributed by atoms with van der Waals surface area (Å²) < 4.78 is 6.92. The monoisotopic (exact) mass is 366 g/mol. The first-order chi connectivity index (χ1) is 12.3. The lowest BCUT2D eigenvalue weighted by atomic mass is 10.1. The summed E-state index contributed by atoms with van der Waals surface area (Å²) in [5, 5.41) is 2.48. The average molecular weight is 367 g/mol. The van der Waals surface area contributed by atoms with Crippen LogP contribution in [0.15, 0.2) is 73.3 Å². The fourth-order valence-corrected chi connectivity index (χ4v) is 8.24. The Morgan fingerprint density at radius 1 is 1.04 bits per heavy atom. The summed E-state index contributed by atoms with van der Waals surface area (Å²) in [6.07, 6.45) is 2.57. The SMILES string of the molecule is C=CC(=O)CC[C@@H](C)O[Si](c1ccccc1)(c1ccccc1)C(C)(C)C. The number of rotatable bonds is 8. The third kappa shape index (κ3) is 4.40. The van der Waals surface area contributed by atoms with Crippen LogP contribution in [0.5, 0.6) is 0 Å². The number of ketones is 1. The fraction of sp³-hybridized carbons (Fsp3) is 0.348. The number of carbonyl (C=O) groups excluding carboxylic acids is 1. The van der Waals surface area contributed by atoms with E-state index in [0.717, 1.165) is 0 Å². The lowest BCUT2D eigenvalue weighted by Crippen LogP contribution is -2.67. The van der Waals surface area contributed by atoms with E-state index in [1.807, 2.05) is 12.1 Å². The quantitative estimate of drug-likeness (QED) is 0.508. The predicted molar refractivity (Wildman–Crippen MR) is 113 cm³/mol. The lowest BCUT2D eigenvalue weighted by Gasteiger charge is -2.44. The second-order valence-electron chi connectivity index (χ2n) is 7.80. The van der Waals surface area contributed by atoms with Crippen molar-refractivity contribution < 1.29 is 9.22 Å². The second-order valence-corrected chi connectivity index (χ2v) is 12.1. The van der Waals surface area contributed by atoms with E-state index >= 15 is 0 Å². The van der Waals surface area contributed by atoms with E-state index in [1.165, 1.54) is 16.4 Å². The van der Waals surface area contributed by atoms with Gasteiger partial charge in [0.15, 0.2) is 5.78 Å². The summed E-state index contributed by atoms with van der Waals surface area (Å²) in [6, 6.07) is 21.2. The maximum atomic E-state index is 11.7. The average Bonchev–Trinajstić information content (AvgIpc) is 2.64. The molecule has 0 saturated heterocycles. The van der Waals surface area contributed by atoms with Crippen LogP contribution in [0.25, 0.3) is 0 Å². The highest BCUT2D eigenvalue weighted by molar-refractivity contribution is 6.99. The van der Waals surface area contributed by atoms with Gasteiger partial charge in [0, 0.05) is 12.5 Å². The topological polar surface area (TPSA) is 26.3 Å². The highest BCUT2D eigenvalue weighted by Gasteiger charge is 2.50. The maximum absolute atomic E-state index is 11.7. The van der Waals surface area contributed by atoms with Crippen molar-refractivity contribution in [2.24, 2.45) is 0 Å². The van der Waals surface area contributed by atoms with E-state index in [0.29, 0.717) is 12.8 Å². The molecule has 26 heavy (non-hydrogen) atoms. The van der Waals surface area contributed by atoms with Crippen molar-refractivity contribution in [3.63, 3.8) is 0 Å². The third-order valence-electron chi connectivity index (χ3n) is 4.82. The van der Waals surface area contributed by atoms with Gasteiger partial charge in [-0.1, -0.05) is 88.0 Å². The molecular weight excluding hydrogens is 336 g/mol. The molecule has 0 radical (unpaired) electrons. The smallest absolute Gasteiger partial charge is 0.261 e. The van der Waals surface area contributed by atoms with E-state index in [4.69, 9.17) is 4.43 Å². The number of carbonyl (C=O) groups is 1. The first kappa shape index (κ1) is 20.3. The van der Waals surface area contributed by atoms with Crippen molar-refractivity contribution in [3.05, 3.63) is 73.3 Å². The van der Waals surface area contributed by atoms with Crippen LogP contribution in [0.2, 0.25) is 5.04 Å². The van der Waals surface area contributed by atoms with E-state index < -0.39 is 8.32 Å². The Morgan fingerprint density at radius 2 is 1.50 bits per heavy atom. The van der Waals surface area contributed by atoms with Gasteiger partial charge in [-0.15, -0.1) is 0 Å². The molecule has 1 atom stereocenters. The van der Waals surface area contributed by atoms with Crippen LogP contribution in [0.4, 0.5) is 0 Å². The second kappa shape index (κ2) is 8.61. The van der Waals surface area contributed by atoms with Gasteiger partial charge in [0.05, 0.1) is 0 Å². The molecule has 0 saturated carbocycles. The van der Waals surface area contributed by atoms with Gasteiger partial charge in [-0.05, 0) is 34.8 Å². The van der Waals surface area contributed by atoms with Gasteiger partial charge in [-0.25, -0.2) is 0 Å². The molecule has 0 heterocycles. The van der Waals surface area contributed by atoms with Gasteiger partial charge in [-0.3, -0.25) is 4.79 Å². The van der Waals surface area contributed by atoms with E-state index in [1.54, 1.807) is 0 Å². The minimum absolute atomic E-state index is 0.00907. The van der Waals surface area contributed by atoms with Crippen LogP contribution in [0, 0.1) is 0 Å². The van der Waals surface area contributed by atoms with Gasteiger partial charge in [0.25, 0.3) is 8.32 Å². The zero-order chi connectivity index (χ0) is 19.2. The largest absolute Gasteiger partial charge is 0.405 e. The summed E-state index contributed by atoms with van der Waals surface area (Å²) in [7, 11) is -2.53. The summed E-state index contributed by atoms with van der Waals surface area (Å²) in [4.78, 5) is 11.7. The van der Waals surface area contributed by atoms with Crippen LogP contribution >= 0.6 is 0 Å². The Labute approximate surface area is 159 Å². The Balaban J connectivity index is 2.50. The molecule has 138 valence electrons. The van der Waals surface area contributed by atoms with E-state index in [-0.39, 0.29) is 16.9 Å². The van der Waals surface area contributed by atoms with Gasteiger partial charge < -0.3 is 4.43 Å². The predicted octanol–water partition coefficient (Wildman–Crippen LogP) is 4.49. The van der Waals surface area contributed by atoms with Crippen molar-refractivity contribution in [1.82, 2.24) is 0 Å². The normalized spacial score (nSPS) is 13.2. The van der Waals surface area contributed by atoms with E-state index in [9.17, 15) is 4.79 Å². The molecule has 0 N–H and O–H groups in total. The number of hydrogen-bond donors (Lipinski definition) is 0. The molecule has 2 rings (SSSR count). The summed E-state index contributed by atoms with van der Waals surface area (Å²) >= 11 is 0. The van der Waals surface area contributed by atoms with Crippen molar-refractivity contribution in [2.45, 2.75) is 51.7 Å². The molecule has 2 nitrogen and oxygen atoms in total. The Morgan fingerprint density at radius 3 is 1.88 bits per heavy atom. The van der Waals surface area contributed by atoms with Gasteiger partial charge >= 0.3 is 0 Å². The first-order valence-corrected chi connectivity index (χ1v) is 11.2. The minimum atomic E-state index is -2.53. The Kier molecular flexibility index (Phi) is 6.73. The first-order valence-electron chi connectivity index (χ1n) is 9.25. The molecular formula is C23H30O2Si. The third-order valence-corrected chi connectivity index (χ3v) is 9.98. The van der Waals surface area contributed by atoms with Crippen molar-refractivity contribution in [2.75, 3.05) is 0 Å². The molecule has 0 bridgehead atoms. The van der Waals surface area contributed by atoms with Gasteiger partial charge in [0.2, 0.25) is 0 Å². The van der Waals surface area contributed by atoms with Crippen molar-refractivity contribution >= 4 is 24.5 Å². The molecule has 2 aromatic carbocycles. The van der Waals surface area contributed by atoms with Crippen LogP contribution in [0.3, 0.4) is 0 Å². The van der Waals surface area contributed by atoms with Crippen LogP contribution in [-0.4, -0.2) is 20.2 Å². The number of allylic oxidation sites excluding steroid dienone is 1. The lowest BCUT2D eigenvalue weighted by molar-refractivity contribution is -0.115. The molecule has 0 fully saturated rings. The highest BCUT2D eigenvalue weighted by atomic mass is 28.4. The fourth-order valence-electron chi connectivity index (χ4n) is 3.50. The summed E-state index contributed by atoms with van der Waals surface area (Å²) in [5.74, 6) is 0.0721. The summed E-state index contributed by atoms with van der Waals surface area (Å²) in [6.45, 7) is 12.4. The molecule has 2 aromatic rings. The van der Waals surface area contributed by atoms with Crippen molar-refractivity contribution in [3.8, 4) is 0 Å². The van der Waals surface area contributed by atoms with Crippen LogP contribution in [0.1, 0.15) is 40.5 Å². The molecule has 0 aliphatic heterocycles.